The highest BCUT2D eigenvalue weighted by Gasteiger charge is 2.26. The Bertz CT molecular complexity index is 750. The Kier molecular flexibility index (Phi) is 6.09. The van der Waals surface area contributed by atoms with Crippen LogP contribution >= 0.6 is 11.3 Å². The summed E-state index contributed by atoms with van der Waals surface area (Å²) in [5.74, 6) is 0.0873. The van der Waals surface area contributed by atoms with Crippen molar-refractivity contribution in [2.24, 2.45) is 23.1 Å². The Morgan fingerprint density at radius 3 is 2.50 bits per heavy atom. The Balaban J connectivity index is 1.90. The topological polar surface area (TPSA) is 107 Å². The molecule has 0 spiro atoms. The summed E-state index contributed by atoms with van der Waals surface area (Å²) >= 11 is 1.53. The van der Waals surface area contributed by atoms with E-state index in [1.54, 1.807) is 0 Å². The second-order valence-electron chi connectivity index (χ2n) is 7.21. The van der Waals surface area contributed by atoms with Gasteiger partial charge in [0.15, 0.2) is 0 Å². The SMILES string of the molecule is Cc1ccc(-c2cc(C(N)CC3CCNCC3)c(C(N)C(N)=O)s2)cc1. The first-order valence-corrected chi connectivity index (χ1v) is 9.99. The number of aryl methyl sites for hydroxylation is 1. The van der Waals surface area contributed by atoms with Crippen molar-refractivity contribution < 1.29 is 4.79 Å². The first kappa shape index (κ1) is 19.0. The fourth-order valence-corrected chi connectivity index (χ4v) is 4.79. The van der Waals surface area contributed by atoms with E-state index in [0.29, 0.717) is 5.92 Å². The van der Waals surface area contributed by atoms with Gasteiger partial charge in [-0.3, -0.25) is 4.79 Å². The number of carbonyl (C=O) groups excluding carboxylic acids is 1. The molecule has 2 unspecified atom stereocenters. The molecule has 3 rings (SSSR count). The van der Waals surface area contributed by atoms with Gasteiger partial charge in [-0.2, -0.15) is 0 Å². The summed E-state index contributed by atoms with van der Waals surface area (Å²) in [6, 6.07) is 9.49. The molecule has 6 heteroatoms. The number of nitrogens with two attached hydrogens (primary N) is 3. The Morgan fingerprint density at radius 2 is 1.88 bits per heavy atom. The van der Waals surface area contributed by atoms with Crippen LogP contribution in [-0.2, 0) is 4.79 Å². The van der Waals surface area contributed by atoms with Gasteiger partial charge >= 0.3 is 0 Å². The number of thiophene rings is 1. The molecule has 26 heavy (non-hydrogen) atoms. The molecule has 1 saturated heterocycles. The van der Waals surface area contributed by atoms with E-state index in [-0.39, 0.29) is 6.04 Å². The zero-order valence-corrected chi connectivity index (χ0v) is 16.0. The van der Waals surface area contributed by atoms with Crippen LogP contribution in [0.1, 0.15) is 47.4 Å². The number of hydrogen-bond acceptors (Lipinski definition) is 5. The third kappa shape index (κ3) is 4.32. The van der Waals surface area contributed by atoms with E-state index in [0.717, 1.165) is 53.2 Å². The van der Waals surface area contributed by atoms with E-state index >= 15 is 0 Å². The molecule has 0 bridgehead atoms. The number of benzene rings is 1. The molecule has 0 aliphatic carbocycles. The lowest BCUT2D eigenvalue weighted by Crippen LogP contribution is -2.31. The van der Waals surface area contributed by atoms with Gasteiger partial charge in [-0.15, -0.1) is 11.3 Å². The number of hydrogen-bond donors (Lipinski definition) is 4. The van der Waals surface area contributed by atoms with Crippen LogP contribution in [0.3, 0.4) is 0 Å². The second-order valence-corrected chi connectivity index (χ2v) is 8.30. The first-order valence-electron chi connectivity index (χ1n) is 9.17. The molecule has 2 atom stereocenters. The molecule has 2 heterocycles. The predicted octanol–water partition coefficient (Wildman–Crippen LogP) is 2.60. The lowest BCUT2D eigenvalue weighted by Gasteiger charge is -2.25. The predicted molar refractivity (Wildman–Crippen MR) is 108 cm³/mol. The fraction of sp³-hybridized carbons (Fsp3) is 0.450. The van der Waals surface area contributed by atoms with Crippen LogP contribution in [-0.4, -0.2) is 19.0 Å². The zero-order chi connectivity index (χ0) is 18.7. The van der Waals surface area contributed by atoms with E-state index in [2.05, 4.69) is 42.6 Å². The maximum absolute atomic E-state index is 11.7. The summed E-state index contributed by atoms with van der Waals surface area (Å²) in [5.41, 5.74) is 21.4. The summed E-state index contributed by atoms with van der Waals surface area (Å²) in [7, 11) is 0. The normalized spacial score (nSPS) is 17.8. The first-order chi connectivity index (χ1) is 12.5. The monoisotopic (exact) mass is 372 g/mol. The molecule has 1 amide bonds. The van der Waals surface area contributed by atoms with Crippen molar-refractivity contribution in [2.45, 2.75) is 38.3 Å². The highest BCUT2D eigenvalue weighted by Crippen LogP contribution is 2.39. The molecular weight excluding hydrogens is 344 g/mol. The lowest BCUT2D eigenvalue weighted by atomic mass is 9.88. The molecule has 1 fully saturated rings. The maximum atomic E-state index is 11.7. The molecule has 0 saturated carbocycles. The molecule has 140 valence electrons. The largest absolute Gasteiger partial charge is 0.368 e. The Hall–Kier alpha value is -1.73. The van der Waals surface area contributed by atoms with Crippen molar-refractivity contribution in [2.75, 3.05) is 13.1 Å². The van der Waals surface area contributed by atoms with Gasteiger partial charge in [0.05, 0.1) is 0 Å². The molecule has 1 aromatic heterocycles. The zero-order valence-electron chi connectivity index (χ0n) is 15.2. The second kappa shape index (κ2) is 8.31. The highest BCUT2D eigenvalue weighted by atomic mass is 32.1. The minimum atomic E-state index is -0.812. The van der Waals surface area contributed by atoms with Gasteiger partial charge in [-0.05, 0) is 62.4 Å². The van der Waals surface area contributed by atoms with Crippen molar-refractivity contribution in [1.82, 2.24) is 5.32 Å². The average Bonchev–Trinajstić information content (AvgIpc) is 3.08. The minimum Gasteiger partial charge on any atom is -0.368 e. The Labute approximate surface area is 159 Å². The van der Waals surface area contributed by atoms with Gasteiger partial charge in [-0.1, -0.05) is 29.8 Å². The van der Waals surface area contributed by atoms with Crippen molar-refractivity contribution in [3.8, 4) is 10.4 Å². The summed E-state index contributed by atoms with van der Waals surface area (Å²) in [6.07, 6.45) is 3.18. The Morgan fingerprint density at radius 1 is 1.23 bits per heavy atom. The minimum absolute atomic E-state index is 0.131. The van der Waals surface area contributed by atoms with Crippen LogP contribution in [0.5, 0.6) is 0 Å². The van der Waals surface area contributed by atoms with Crippen LogP contribution in [0.4, 0.5) is 0 Å². The number of primary amides is 1. The third-order valence-electron chi connectivity index (χ3n) is 5.16. The number of piperidine rings is 1. The smallest absolute Gasteiger partial charge is 0.239 e. The number of carbonyl (C=O) groups is 1. The van der Waals surface area contributed by atoms with Crippen LogP contribution in [0, 0.1) is 12.8 Å². The van der Waals surface area contributed by atoms with Crippen molar-refractivity contribution in [1.29, 1.82) is 0 Å². The summed E-state index contributed by atoms with van der Waals surface area (Å²) < 4.78 is 0. The van der Waals surface area contributed by atoms with Crippen LogP contribution < -0.4 is 22.5 Å². The molecular formula is C20H28N4OS. The third-order valence-corrected chi connectivity index (χ3v) is 6.44. The summed E-state index contributed by atoms with van der Waals surface area (Å²) in [6.45, 7) is 4.15. The van der Waals surface area contributed by atoms with E-state index in [1.165, 1.54) is 16.9 Å². The maximum Gasteiger partial charge on any atom is 0.239 e. The van der Waals surface area contributed by atoms with Gasteiger partial charge in [-0.25, -0.2) is 0 Å². The van der Waals surface area contributed by atoms with Gasteiger partial charge in [0.1, 0.15) is 6.04 Å². The quantitative estimate of drug-likeness (QED) is 0.625. The molecule has 1 aliphatic heterocycles. The standard InChI is InChI=1S/C20H28N4OS/c1-12-2-4-14(5-3-12)17-11-15(19(26-17)18(22)20(23)25)16(21)10-13-6-8-24-9-7-13/h2-5,11,13,16,18,24H,6-10,21-22H2,1H3,(H2,23,25). The molecule has 1 aromatic carbocycles. The van der Waals surface area contributed by atoms with Crippen LogP contribution in [0.2, 0.25) is 0 Å². The molecule has 2 aromatic rings. The molecule has 7 N–H and O–H groups in total. The van der Waals surface area contributed by atoms with E-state index in [1.807, 2.05) is 0 Å². The average molecular weight is 373 g/mol. The fourth-order valence-electron chi connectivity index (χ4n) is 3.54. The summed E-state index contributed by atoms with van der Waals surface area (Å²) in [5, 5.41) is 3.38. The molecule has 0 radical (unpaired) electrons. The number of nitrogens with one attached hydrogen (secondary N) is 1. The van der Waals surface area contributed by atoms with Gasteiger partial charge in [0.2, 0.25) is 5.91 Å². The van der Waals surface area contributed by atoms with Gasteiger partial charge in [0.25, 0.3) is 0 Å². The van der Waals surface area contributed by atoms with Gasteiger partial charge < -0.3 is 22.5 Å². The van der Waals surface area contributed by atoms with Crippen molar-refractivity contribution >= 4 is 17.2 Å². The van der Waals surface area contributed by atoms with Crippen LogP contribution in [0.25, 0.3) is 10.4 Å². The van der Waals surface area contributed by atoms with Crippen molar-refractivity contribution in [3.63, 3.8) is 0 Å². The molecule has 5 nitrogen and oxygen atoms in total. The number of amides is 1. The van der Waals surface area contributed by atoms with Crippen LogP contribution in [0.15, 0.2) is 30.3 Å². The van der Waals surface area contributed by atoms with Gasteiger partial charge in [0, 0.05) is 15.8 Å². The number of rotatable bonds is 6. The highest BCUT2D eigenvalue weighted by molar-refractivity contribution is 7.15. The van der Waals surface area contributed by atoms with E-state index < -0.39 is 11.9 Å². The molecule has 1 aliphatic rings. The van der Waals surface area contributed by atoms with E-state index in [4.69, 9.17) is 17.2 Å². The lowest BCUT2D eigenvalue weighted by molar-refractivity contribution is -0.119. The van der Waals surface area contributed by atoms with Crippen molar-refractivity contribution in [3.05, 3.63) is 46.3 Å². The summed E-state index contributed by atoms with van der Waals surface area (Å²) in [4.78, 5) is 13.6. The van der Waals surface area contributed by atoms with E-state index in [9.17, 15) is 4.79 Å².